The van der Waals surface area contributed by atoms with Crippen molar-refractivity contribution in [3.8, 4) is 22.8 Å². The van der Waals surface area contributed by atoms with Gasteiger partial charge in [-0.15, -0.1) is 0 Å². The van der Waals surface area contributed by atoms with Crippen LogP contribution >= 0.6 is 0 Å². The van der Waals surface area contributed by atoms with Gasteiger partial charge >= 0.3 is 0 Å². The Morgan fingerprint density at radius 1 is 1.24 bits per heavy atom. The molecule has 3 rings (SSSR count). The summed E-state index contributed by atoms with van der Waals surface area (Å²) in [7, 11) is 1.61. The molecule has 2 aromatic heterocycles. The van der Waals surface area contributed by atoms with Crippen LogP contribution in [0.1, 0.15) is 12.3 Å². The predicted molar refractivity (Wildman–Crippen MR) is 91.3 cm³/mol. The highest BCUT2D eigenvalue weighted by Crippen LogP contribution is 2.23. The first-order valence-corrected chi connectivity index (χ1v) is 7.68. The molecule has 2 heterocycles. The minimum atomic E-state index is -0.279. The number of methoxy groups -OCH3 is 1. The van der Waals surface area contributed by atoms with Crippen LogP contribution in [0.25, 0.3) is 11.3 Å². The number of nitrogens with one attached hydrogen (secondary N) is 1. The van der Waals surface area contributed by atoms with E-state index in [-0.39, 0.29) is 23.9 Å². The molecule has 0 spiro atoms. The van der Waals surface area contributed by atoms with Crippen molar-refractivity contribution < 1.29 is 19.1 Å². The SMILES string of the molecule is COc1ccc(-c2cnc(CCC(=O)Nc3ncccc3O)o2)cc1. The number of anilines is 1. The number of nitrogens with zero attached hydrogens (tertiary/aromatic N) is 2. The van der Waals surface area contributed by atoms with E-state index in [4.69, 9.17) is 9.15 Å². The molecule has 7 heteroatoms. The van der Waals surface area contributed by atoms with Gasteiger partial charge in [0, 0.05) is 24.6 Å². The molecule has 1 amide bonds. The van der Waals surface area contributed by atoms with Crippen molar-refractivity contribution in [2.45, 2.75) is 12.8 Å². The van der Waals surface area contributed by atoms with E-state index >= 15 is 0 Å². The average Bonchev–Trinajstić information content (AvgIpc) is 3.11. The van der Waals surface area contributed by atoms with Gasteiger partial charge in [0.2, 0.25) is 5.91 Å². The van der Waals surface area contributed by atoms with Crippen LogP contribution in [0.2, 0.25) is 0 Å². The second-order valence-electron chi connectivity index (χ2n) is 5.27. The van der Waals surface area contributed by atoms with Crippen LogP contribution in [0.3, 0.4) is 0 Å². The molecule has 0 unspecified atom stereocenters. The minimum absolute atomic E-state index is 0.0752. The molecule has 0 atom stereocenters. The van der Waals surface area contributed by atoms with E-state index in [1.165, 1.54) is 12.3 Å². The summed E-state index contributed by atoms with van der Waals surface area (Å²) in [5.74, 6) is 1.63. The van der Waals surface area contributed by atoms with Crippen molar-refractivity contribution in [3.63, 3.8) is 0 Å². The van der Waals surface area contributed by atoms with Gasteiger partial charge < -0.3 is 19.6 Å². The largest absolute Gasteiger partial charge is 0.504 e. The monoisotopic (exact) mass is 339 g/mol. The summed E-state index contributed by atoms with van der Waals surface area (Å²) in [5.41, 5.74) is 0.877. The van der Waals surface area contributed by atoms with Crippen LogP contribution in [-0.4, -0.2) is 28.1 Å². The number of carbonyl (C=O) groups is 1. The van der Waals surface area contributed by atoms with E-state index < -0.39 is 0 Å². The average molecular weight is 339 g/mol. The standard InChI is InChI=1S/C18H17N3O4/c1-24-13-6-4-12(5-7-13)15-11-20-17(25-15)9-8-16(23)21-18-14(22)3-2-10-19-18/h2-7,10-11,22H,8-9H2,1H3,(H,19,21,23). The number of carbonyl (C=O) groups excluding carboxylic acids is 1. The van der Waals surface area contributed by atoms with Gasteiger partial charge in [-0.2, -0.15) is 0 Å². The molecule has 0 saturated heterocycles. The van der Waals surface area contributed by atoms with Crippen LogP contribution in [0.5, 0.6) is 11.5 Å². The van der Waals surface area contributed by atoms with Crippen molar-refractivity contribution in [1.82, 2.24) is 9.97 Å². The third-order valence-electron chi connectivity index (χ3n) is 3.54. The van der Waals surface area contributed by atoms with Crippen LogP contribution in [0.4, 0.5) is 5.82 Å². The molecule has 0 aliphatic carbocycles. The highest BCUT2D eigenvalue weighted by Gasteiger charge is 2.11. The van der Waals surface area contributed by atoms with Gasteiger partial charge in [0.05, 0.1) is 13.3 Å². The maximum atomic E-state index is 11.9. The lowest BCUT2D eigenvalue weighted by Gasteiger charge is -2.04. The fourth-order valence-electron chi connectivity index (χ4n) is 2.22. The van der Waals surface area contributed by atoms with Crippen LogP contribution in [0.15, 0.2) is 53.2 Å². The number of hydrogen-bond donors (Lipinski definition) is 2. The van der Waals surface area contributed by atoms with Gasteiger partial charge in [-0.05, 0) is 36.4 Å². The summed E-state index contributed by atoms with van der Waals surface area (Å²) in [6, 6.07) is 10.5. The summed E-state index contributed by atoms with van der Waals surface area (Å²) < 4.78 is 10.8. The van der Waals surface area contributed by atoms with Crippen molar-refractivity contribution in [2.75, 3.05) is 12.4 Å². The van der Waals surface area contributed by atoms with Gasteiger partial charge in [-0.3, -0.25) is 4.79 Å². The first-order valence-electron chi connectivity index (χ1n) is 7.68. The molecule has 0 aliphatic heterocycles. The Labute approximate surface area is 144 Å². The molecule has 128 valence electrons. The number of hydrogen-bond acceptors (Lipinski definition) is 6. The Morgan fingerprint density at radius 2 is 2.04 bits per heavy atom. The molecule has 7 nitrogen and oxygen atoms in total. The third-order valence-corrected chi connectivity index (χ3v) is 3.54. The fraction of sp³-hybridized carbons (Fsp3) is 0.167. The van der Waals surface area contributed by atoms with Crippen LogP contribution in [0, 0.1) is 0 Å². The first kappa shape index (κ1) is 16.5. The first-order chi connectivity index (χ1) is 12.2. The second kappa shape index (κ2) is 7.48. The Hall–Kier alpha value is -3.35. The highest BCUT2D eigenvalue weighted by molar-refractivity contribution is 5.91. The van der Waals surface area contributed by atoms with Crippen molar-refractivity contribution >= 4 is 11.7 Å². The summed E-state index contributed by atoms with van der Waals surface area (Å²) in [6.45, 7) is 0. The second-order valence-corrected chi connectivity index (χ2v) is 5.27. The smallest absolute Gasteiger partial charge is 0.226 e. The zero-order chi connectivity index (χ0) is 17.6. The molecule has 0 saturated carbocycles. The molecule has 0 bridgehead atoms. The number of rotatable bonds is 6. The lowest BCUT2D eigenvalue weighted by atomic mass is 10.2. The van der Waals surface area contributed by atoms with E-state index in [0.717, 1.165) is 11.3 Å². The van der Waals surface area contributed by atoms with Crippen molar-refractivity contribution in [2.24, 2.45) is 0 Å². The summed E-state index contributed by atoms with van der Waals surface area (Å²) >= 11 is 0. The number of oxazole rings is 1. The van der Waals surface area contributed by atoms with E-state index in [9.17, 15) is 9.90 Å². The number of pyridine rings is 1. The van der Waals surface area contributed by atoms with Gasteiger partial charge in [-0.1, -0.05) is 0 Å². The molecule has 0 fully saturated rings. The van der Waals surface area contributed by atoms with E-state index in [2.05, 4.69) is 15.3 Å². The number of ether oxygens (including phenoxy) is 1. The maximum Gasteiger partial charge on any atom is 0.226 e. The number of aryl methyl sites for hydroxylation is 1. The Bertz CT molecular complexity index is 859. The predicted octanol–water partition coefficient (Wildman–Crippen LogP) is 3.02. The van der Waals surface area contributed by atoms with E-state index in [0.29, 0.717) is 18.1 Å². The van der Waals surface area contributed by atoms with Crippen molar-refractivity contribution in [3.05, 3.63) is 54.7 Å². The lowest BCUT2D eigenvalue weighted by Crippen LogP contribution is -2.13. The minimum Gasteiger partial charge on any atom is -0.504 e. The summed E-state index contributed by atoms with van der Waals surface area (Å²) in [4.78, 5) is 20.0. The molecule has 1 aromatic carbocycles. The van der Waals surface area contributed by atoms with Gasteiger partial charge in [0.25, 0.3) is 0 Å². The number of benzene rings is 1. The topological polar surface area (TPSA) is 97.5 Å². The molecule has 0 aliphatic rings. The molecule has 25 heavy (non-hydrogen) atoms. The lowest BCUT2D eigenvalue weighted by molar-refractivity contribution is -0.116. The number of amides is 1. The molecular weight excluding hydrogens is 322 g/mol. The van der Waals surface area contributed by atoms with Crippen LogP contribution < -0.4 is 10.1 Å². The highest BCUT2D eigenvalue weighted by atomic mass is 16.5. The summed E-state index contributed by atoms with van der Waals surface area (Å²) in [5, 5.41) is 12.1. The van der Waals surface area contributed by atoms with E-state index in [1.807, 2.05) is 24.3 Å². The third kappa shape index (κ3) is 4.14. The van der Waals surface area contributed by atoms with Crippen LogP contribution in [-0.2, 0) is 11.2 Å². The number of aromatic nitrogens is 2. The molecule has 0 radical (unpaired) electrons. The Kier molecular flexibility index (Phi) is 4.94. The van der Waals surface area contributed by atoms with Crippen molar-refractivity contribution in [1.29, 1.82) is 0 Å². The quantitative estimate of drug-likeness (QED) is 0.716. The molecular formula is C18H17N3O4. The zero-order valence-electron chi connectivity index (χ0n) is 13.6. The fourth-order valence-corrected chi connectivity index (χ4v) is 2.22. The summed E-state index contributed by atoms with van der Waals surface area (Å²) in [6.07, 6.45) is 3.62. The Morgan fingerprint density at radius 3 is 2.76 bits per heavy atom. The molecule has 3 aromatic rings. The van der Waals surface area contributed by atoms with Gasteiger partial charge in [-0.25, -0.2) is 9.97 Å². The van der Waals surface area contributed by atoms with Gasteiger partial charge in [0.15, 0.2) is 23.2 Å². The maximum absolute atomic E-state index is 11.9. The van der Waals surface area contributed by atoms with E-state index in [1.54, 1.807) is 19.4 Å². The zero-order valence-corrected chi connectivity index (χ0v) is 13.6. The molecule has 2 N–H and O–H groups in total. The Balaban J connectivity index is 1.58. The number of aromatic hydroxyl groups is 1. The van der Waals surface area contributed by atoms with Gasteiger partial charge in [0.1, 0.15) is 5.75 Å². The normalized spacial score (nSPS) is 10.4.